The van der Waals surface area contributed by atoms with Crippen molar-refractivity contribution in [3.63, 3.8) is 0 Å². The van der Waals surface area contributed by atoms with Crippen molar-refractivity contribution >= 4 is 47.7 Å². The van der Waals surface area contributed by atoms with Crippen LogP contribution in [0.15, 0.2) is 218 Å². The van der Waals surface area contributed by atoms with E-state index in [0.29, 0.717) is 28.9 Å². The molecule has 0 saturated carbocycles. The largest absolute Gasteiger partial charge is 2.00 e. The number of aryl methyl sites for hydroxylation is 2. The predicted octanol–water partition coefficient (Wildman–Crippen LogP) is 9.84. The van der Waals surface area contributed by atoms with Crippen LogP contribution in [0, 0.1) is 13.8 Å². The van der Waals surface area contributed by atoms with Crippen molar-refractivity contribution in [1.29, 1.82) is 0 Å². The molecule has 0 radical (unpaired) electrons. The molecule has 0 aliphatic heterocycles. The van der Waals surface area contributed by atoms with Gasteiger partial charge >= 0.3 is 33.4 Å². The first-order chi connectivity index (χ1) is 38.8. The van der Waals surface area contributed by atoms with Crippen LogP contribution in [0.3, 0.4) is 0 Å². The standard InChI is InChI=1S/2C18H15P.C11H8F3N7.C11H6F3N7.Pt/c2*1-4-10-16(11-5-1)19(17-12-6-2-7-13-17)18-14-8-3-9-15-18;2*1-5-15-8(19-18-5)6-3-2-4-7(16-6)9-17-10(21-20-9)11(12,13)14;/h2*1-15H;2-4H,1H3,(H,15,18,19)(H,17,20,21);2-4H,1H3;/q;;;-2;+2/p+1. The Labute approximate surface area is 477 Å². The summed E-state index contributed by atoms with van der Waals surface area (Å²) < 4.78 is 74.8. The summed E-state index contributed by atoms with van der Waals surface area (Å²) in [6.07, 6.45) is -9.22. The topological polar surface area (TPSA) is 189 Å². The fraction of sp³-hybridized carbons (Fsp3) is 0.0690. The number of aromatic nitrogens is 14. The molecule has 408 valence electrons. The third kappa shape index (κ3) is 15.8. The van der Waals surface area contributed by atoms with Gasteiger partial charge in [0.05, 0.1) is 19.3 Å². The minimum atomic E-state index is -4.64. The minimum absolute atomic E-state index is 0. The molecule has 12 aromatic rings. The number of alkyl halides is 6. The van der Waals surface area contributed by atoms with E-state index in [9.17, 15) is 26.3 Å². The summed E-state index contributed by atoms with van der Waals surface area (Å²) in [5.41, 5.74) is 1.13. The molecule has 6 aromatic heterocycles. The molecule has 81 heavy (non-hydrogen) atoms. The molecule has 6 heterocycles. The molecular formula is C58H45F6N14P2Pt+. The van der Waals surface area contributed by atoms with E-state index < -0.39 is 39.8 Å². The smallest absolute Gasteiger partial charge is 0.421 e. The van der Waals surface area contributed by atoms with Gasteiger partial charge in [-0.15, -0.1) is 0 Å². The number of hydrogen-bond acceptors (Lipinski definition) is 10. The van der Waals surface area contributed by atoms with Gasteiger partial charge in [0.15, 0.2) is 11.6 Å². The summed E-state index contributed by atoms with van der Waals surface area (Å²) in [5.74, 6) is -1.11. The first kappa shape index (κ1) is 58.5. The fourth-order valence-electron chi connectivity index (χ4n) is 7.72. The Morgan fingerprint density at radius 1 is 0.395 bits per heavy atom. The van der Waals surface area contributed by atoms with E-state index in [2.05, 4.69) is 248 Å². The molecule has 0 aliphatic carbocycles. The van der Waals surface area contributed by atoms with Crippen LogP contribution >= 0.6 is 15.8 Å². The number of hydrogen-bond donors (Lipinski definition) is 2. The third-order valence-electron chi connectivity index (χ3n) is 11.3. The zero-order valence-electron chi connectivity index (χ0n) is 42.7. The van der Waals surface area contributed by atoms with Gasteiger partial charge in [-0.25, -0.2) is 19.9 Å². The minimum Gasteiger partial charge on any atom is -0.421 e. The second-order valence-corrected chi connectivity index (χ2v) is 21.7. The van der Waals surface area contributed by atoms with E-state index in [-0.39, 0.29) is 49.9 Å². The normalized spacial score (nSPS) is 11.1. The van der Waals surface area contributed by atoms with Gasteiger partial charge in [0.1, 0.15) is 39.0 Å². The van der Waals surface area contributed by atoms with Crippen molar-refractivity contribution < 1.29 is 47.4 Å². The Balaban J connectivity index is 0.000000141. The van der Waals surface area contributed by atoms with Crippen molar-refractivity contribution in [3.8, 4) is 46.1 Å². The Hall–Kier alpha value is -8.69. The van der Waals surface area contributed by atoms with Crippen LogP contribution in [0.25, 0.3) is 46.1 Å². The molecule has 0 bridgehead atoms. The van der Waals surface area contributed by atoms with Crippen molar-refractivity contribution in [2.45, 2.75) is 26.2 Å². The summed E-state index contributed by atoms with van der Waals surface area (Å²) in [7, 11) is -1.32. The molecule has 12 rings (SSSR count). The Bertz CT molecular complexity index is 3380. The van der Waals surface area contributed by atoms with Gasteiger partial charge in [-0.2, -0.15) is 36.5 Å². The van der Waals surface area contributed by atoms with E-state index in [4.69, 9.17) is 0 Å². The number of halogens is 6. The molecular weight excluding hydrogens is 1260 g/mol. The molecule has 6 aromatic carbocycles. The number of aromatic amines is 2. The molecule has 0 spiro atoms. The fourth-order valence-corrected chi connectivity index (χ4v) is 12.6. The molecule has 0 aliphatic rings. The number of nitrogens with zero attached hydrogens (tertiary/aromatic N) is 12. The van der Waals surface area contributed by atoms with Crippen LogP contribution in [0.2, 0.25) is 0 Å². The first-order valence-corrected chi connectivity index (χ1v) is 27.2. The molecule has 0 amide bonds. The summed E-state index contributed by atoms with van der Waals surface area (Å²) in [4.78, 5) is 23.1. The molecule has 14 nitrogen and oxygen atoms in total. The number of benzene rings is 6. The second kappa shape index (κ2) is 27.5. The molecule has 0 fully saturated rings. The Kier molecular flexibility index (Phi) is 19.8. The average Bonchev–Trinajstić information content (AvgIpc) is 4.41. The monoisotopic (exact) mass is 1310 g/mol. The molecule has 23 heteroatoms. The third-order valence-corrected chi connectivity index (χ3v) is 16.4. The van der Waals surface area contributed by atoms with Gasteiger partial charge in [-0.05, 0) is 110 Å². The van der Waals surface area contributed by atoms with E-state index in [1.165, 1.54) is 44.0 Å². The van der Waals surface area contributed by atoms with Crippen molar-refractivity contribution in [1.82, 2.24) is 70.7 Å². The zero-order valence-corrected chi connectivity index (χ0v) is 46.8. The Morgan fingerprint density at radius 2 is 0.778 bits per heavy atom. The Morgan fingerprint density at radius 3 is 1.15 bits per heavy atom. The van der Waals surface area contributed by atoms with E-state index in [1.807, 2.05) is 5.10 Å². The number of H-pyrrole nitrogens is 2. The van der Waals surface area contributed by atoms with E-state index >= 15 is 0 Å². The van der Waals surface area contributed by atoms with Gasteiger partial charge in [0.2, 0.25) is 5.82 Å². The van der Waals surface area contributed by atoms with Gasteiger partial charge in [-0.3, -0.25) is 20.4 Å². The first-order valence-electron chi connectivity index (χ1n) is 24.4. The van der Waals surface area contributed by atoms with Crippen molar-refractivity contribution in [2.24, 2.45) is 0 Å². The quantitative estimate of drug-likeness (QED) is 0.0976. The van der Waals surface area contributed by atoms with Crippen molar-refractivity contribution in [2.75, 3.05) is 0 Å². The van der Waals surface area contributed by atoms with Gasteiger partial charge in [-0.1, -0.05) is 158 Å². The zero-order chi connectivity index (χ0) is 55.9. The molecule has 0 unspecified atom stereocenters. The maximum atomic E-state index is 12.5. The van der Waals surface area contributed by atoms with Crippen LogP contribution in [0.1, 0.15) is 23.3 Å². The predicted molar refractivity (Wildman–Crippen MR) is 299 cm³/mol. The van der Waals surface area contributed by atoms with E-state index in [1.54, 1.807) is 38.1 Å². The van der Waals surface area contributed by atoms with Crippen LogP contribution < -0.4 is 42.0 Å². The number of nitrogens with one attached hydrogen (secondary N) is 2. The van der Waals surface area contributed by atoms with Crippen LogP contribution in [-0.2, 0) is 33.4 Å². The number of rotatable bonds is 10. The molecule has 0 saturated heterocycles. The molecule has 0 atom stereocenters. The van der Waals surface area contributed by atoms with E-state index in [0.717, 1.165) is 0 Å². The van der Waals surface area contributed by atoms with Crippen LogP contribution in [0.4, 0.5) is 26.3 Å². The van der Waals surface area contributed by atoms with Crippen LogP contribution in [0.5, 0.6) is 0 Å². The number of pyridine rings is 2. The molecule has 2 N–H and O–H groups in total. The maximum absolute atomic E-state index is 12.5. The van der Waals surface area contributed by atoms with Gasteiger partial charge in [0.25, 0.3) is 0 Å². The van der Waals surface area contributed by atoms with Crippen molar-refractivity contribution in [3.05, 3.63) is 242 Å². The van der Waals surface area contributed by atoms with Gasteiger partial charge in [0, 0.05) is 5.82 Å². The van der Waals surface area contributed by atoms with Crippen LogP contribution in [-0.4, -0.2) is 60.5 Å². The summed E-state index contributed by atoms with van der Waals surface area (Å²) in [6.45, 7) is 3.39. The second-order valence-electron chi connectivity index (χ2n) is 17.0. The summed E-state index contributed by atoms with van der Waals surface area (Å²) in [6, 6.07) is 74.3. The average molecular weight is 1310 g/mol. The summed E-state index contributed by atoms with van der Waals surface area (Å²) in [5, 5.41) is 34.4. The SMILES string of the molecule is Cc1n[n-]c(-c2cccc(-c3nc(C(F)(F)F)n[n-]3)n2)n1.Cc1nc(-c2cccc(-c3n[nH]c(C(F)(F)F)n3)n2)n[nH]1.[Pt+2].c1ccc(P(c2ccccc2)c2ccccc2)cc1.c1ccc([PH+](c2ccccc2)c2ccccc2)cc1. The van der Waals surface area contributed by atoms with Gasteiger partial charge < -0.3 is 20.2 Å². The summed E-state index contributed by atoms with van der Waals surface area (Å²) >= 11 is 0. The maximum Gasteiger partial charge on any atom is 2.00 e.